The van der Waals surface area contributed by atoms with Crippen LogP contribution in [-0.4, -0.2) is 16.2 Å². The second-order valence-corrected chi connectivity index (χ2v) is 7.52. The first-order chi connectivity index (χ1) is 6.44. The molecule has 14 heavy (non-hydrogen) atoms. The Bertz CT molecular complexity index is 218. The summed E-state index contributed by atoms with van der Waals surface area (Å²) in [6, 6.07) is 0.766. The quantitative estimate of drug-likeness (QED) is 0.565. The van der Waals surface area contributed by atoms with Gasteiger partial charge < -0.3 is 0 Å². The van der Waals surface area contributed by atoms with Crippen LogP contribution in [0.5, 0.6) is 0 Å². The Morgan fingerprint density at radius 1 is 1.50 bits per heavy atom. The second-order valence-electron chi connectivity index (χ2n) is 6.00. The predicted molar refractivity (Wildman–Crippen MR) is 69.3 cm³/mol. The smallest absolute Gasteiger partial charge is 0.0219 e. The average Bonchev–Trinajstić information content (AvgIpc) is 2.72. The number of hydrogen-bond acceptors (Lipinski definition) is 1. The topological polar surface area (TPSA) is 3.24 Å². The van der Waals surface area contributed by atoms with Crippen LogP contribution in [0, 0.1) is 23.2 Å². The Kier molecular flexibility index (Phi) is 2.89. The van der Waals surface area contributed by atoms with Crippen LogP contribution in [0.15, 0.2) is 0 Å². The van der Waals surface area contributed by atoms with E-state index in [2.05, 4.69) is 53.8 Å². The largest absolute Gasteiger partial charge is 0.247 e. The number of fused-ring (bicyclic) bond motifs is 1. The molecule has 2 heteroatoms. The van der Waals surface area contributed by atoms with Gasteiger partial charge >= 0.3 is 0 Å². The summed E-state index contributed by atoms with van der Waals surface area (Å²) < 4.78 is 2.39. The highest BCUT2D eigenvalue weighted by molar-refractivity contribution is 14.1. The molecule has 0 spiro atoms. The molecule has 0 bridgehead atoms. The summed E-state index contributed by atoms with van der Waals surface area (Å²) in [4.78, 5) is 0. The van der Waals surface area contributed by atoms with E-state index in [4.69, 9.17) is 0 Å². The Labute approximate surface area is 102 Å². The third-order valence-electron chi connectivity index (χ3n) is 4.45. The Balaban J connectivity index is 1.93. The van der Waals surface area contributed by atoms with Crippen molar-refractivity contribution < 1.29 is 0 Å². The van der Waals surface area contributed by atoms with Gasteiger partial charge in [-0.25, -0.2) is 3.11 Å². The number of hydrogen-bond donors (Lipinski definition) is 0. The van der Waals surface area contributed by atoms with Crippen molar-refractivity contribution in [2.45, 2.75) is 46.1 Å². The molecule has 2 saturated carbocycles. The van der Waals surface area contributed by atoms with Gasteiger partial charge in [0.1, 0.15) is 0 Å². The van der Waals surface area contributed by atoms with E-state index in [1.54, 1.807) is 0 Å². The monoisotopic (exact) mass is 307 g/mol. The van der Waals surface area contributed by atoms with Crippen LogP contribution in [0.2, 0.25) is 0 Å². The summed E-state index contributed by atoms with van der Waals surface area (Å²) in [6.07, 6.45) is 4.45. The standard InChI is InChI=1S/C12H22IN/c1-8(2)11(14(4)13)7-12(3)6-9-5-10(9)12/h8-11H,5-7H2,1-4H3. The lowest BCUT2D eigenvalue weighted by Gasteiger charge is -2.43. The van der Waals surface area contributed by atoms with E-state index in [9.17, 15) is 0 Å². The minimum atomic E-state index is 0.693. The summed E-state index contributed by atoms with van der Waals surface area (Å²) in [5, 5.41) is 0. The van der Waals surface area contributed by atoms with Crippen molar-refractivity contribution in [1.29, 1.82) is 0 Å². The number of halogens is 1. The molecule has 0 aliphatic heterocycles. The van der Waals surface area contributed by atoms with Gasteiger partial charge in [-0.3, -0.25) is 0 Å². The minimum absolute atomic E-state index is 0.693. The summed E-state index contributed by atoms with van der Waals surface area (Å²) in [7, 11) is 2.22. The first-order valence-electron chi connectivity index (χ1n) is 5.82. The van der Waals surface area contributed by atoms with E-state index in [-0.39, 0.29) is 0 Å². The summed E-state index contributed by atoms with van der Waals surface area (Å²) in [5.41, 5.74) is 0.693. The van der Waals surface area contributed by atoms with Crippen LogP contribution in [0.3, 0.4) is 0 Å². The van der Waals surface area contributed by atoms with E-state index in [0.717, 1.165) is 23.8 Å². The lowest BCUT2D eigenvalue weighted by molar-refractivity contribution is 0.0855. The van der Waals surface area contributed by atoms with Gasteiger partial charge in [-0.2, -0.15) is 0 Å². The highest BCUT2D eigenvalue weighted by Crippen LogP contribution is 2.69. The summed E-state index contributed by atoms with van der Waals surface area (Å²) >= 11 is 2.45. The molecule has 2 fully saturated rings. The molecule has 0 radical (unpaired) electrons. The Morgan fingerprint density at radius 2 is 2.14 bits per heavy atom. The van der Waals surface area contributed by atoms with E-state index in [0.29, 0.717) is 5.41 Å². The first kappa shape index (κ1) is 11.2. The number of nitrogens with zero attached hydrogens (tertiary/aromatic N) is 1. The highest BCUT2D eigenvalue weighted by Gasteiger charge is 2.61. The molecule has 2 rings (SSSR count). The maximum Gasteiger partial charge on any atom is 0.0219 e. The maximum atomic E-state index is 2.51. The van der Waals surface area contributed by atoms with Gasteiger partial charge in [-0.1, -0.05) is 20.8 Å². The fourth-order valence-electron chi connectivity index (χ4n) is 3.40. The highest BCUT2D eigenvalue weighted by atomic mass is 127. The van der Waals surface area contributed by atoms with Crippen LogP contribution in [0.1, 0.15) is 40.0 Å². The van der Waals surface area contributed by atoms with Crippen LogP contribution in [-0.2, 0) is 0 Å². The summed E-state index contributed by atoms with van der Waals surface area (Å²) in [6.45, 7) is 7.22. The van der Waals surface area contributed by atoms with E-state index < -0.39 is 0 Å². The first-order valence-corrected chi connectivity index (χ1v) is 6.79. The molecule has 0 aromatic heterocycles. The molecule has 0 heterocycles. The van der Waals surface area contributed by atoms with Gasteiger partial charge in [0.05, 0.1) is 0 Å². The van der Waals surface area contributed by atoms with Gasteiger partial charge in [-0.05, 0) is 49.5 Å². The zero-order valence-electron chi connectivity index (χ0n) is 9.76. The van der Waals surface area contributed by atoms with E-state index >= 15 is 0 Å². The van der Waals surface area contributed by atoms with Crippen LogP contribution in [0.4, 0.5) is 0 Å². The molecule has 0 aromatic rings. The van der Waals surface area contributed by atoms with Gasteiger partial charge in [0.15, 0.2) is 0 Å². The number of rotatable bonds is 4. The molecule has 0 aromatic carbocycles. The molecule has 4 atom stereocenters. The molecule has 0 N–H and O–H groups in total. The molecule has 0 saturated heterocycles. The van der Waals surface area contributed by atoms with Crippen LogP contribution in [0.25, 0.3) is 0 Å². The van der Waals surface area contributed by atoms with Gasteiger partial charge in [0.2, 0.25) is 0 Å². The fraction of sp³-hybridized carbons (Fsp3) is 1.00. The van der Waals surface area contributed by atoms with E-state index in [1.165, 1.54) is 19.3 Å². The summed E-state index contributed by atoms with van der Waals surface area (Å²) in [5.74, 6) is 3.01. The molecule has 0 amide bonds. The van der Waals surface area contributed by atoms with Crippen molar-refractivity contribution in [1.82, 2.24) is 3.11 Å². The molecular weight excluding hydrogens is 285 g/mol. The normalized spacial score (nSPS) is 42.2. The predicted octanol–water partition coefficient (Wildman–Crippen LogP) is 3.73. The lowest BCUT2D eigenvalue weighted by atomic mass is 9.66. The van der Waals surface area contributed by atoms with Gasteiger partial charge in [-0.15, -0.1) is 0 Å². The maximum absolute atomic E-state index is 2.51. The zero-order chi connectivity index (χ0) is 10.5. The van der Waals surface area contributed by atoms with Crippen molar-refractivity contribution in [2.24, 2.45) is 23.2 Å². The Hall–Kier alpha value is 0.690. The van der Waals surface area contributed by atoms with Crippen LogP contribution < -0.4 is 0 Å². The van der Waals surface area contributed by atoms with Gasteiger partial charge in [0.25, 0.3) is 0 Å². The third-order valence-corrected chi connectivity index (χ3v) is 5.16. The lowest BCUT2D eigenvalue weighted by Crippen LogP contribution is -2.39. The van der Waals surface area contributed by atoms with Crippen LogP contribution >= 0.6 is 22.9 Å². The second kappa shape index (κ2) is 3.62. The van der Waals surface area contributed by atoms with Crippen molar-refractivity contribution in [2.75, 3.05) is 7.05 Å². The van der Waals surface area contributed by atoms with Crippen molar-refractivity contribution in [3.8, 4) is 0 Å². The average molecular weight is 307 g/mol. The molecule has 2 aliphatic rings. The molecular formula is C12H22IN. The third kappa shape index (κ3) is 1.84. The van der Waals surface area contributed by atoms with Crippen molar-refractivity contribution in [3.05, 3.63) is 0 Å². The van der Waals surface area contributed by atoms with Gasteiger partial charge in [0, 0.05) is 28.9 Å². The molecule has 4 unspecified atom stereocenters. The molecule has 2 aliphatic carbocycles. The molecule has 1 nitrogen and oxygen atoms in total. The Morgan fingerprint density at radius 3 is 2.43 bits per heavy atom. The SMILES string of the molecule is CC(C)C(CC1(C)CC2CC21)N(C)I. The minimum Gasteiger partial charge on any atom is -0.247 e. The van der Waals surface area contributed by atoms with E-state index in [1.807, 2.05) is 0 Å². The zero-order valence-corrected chi connectivity index (χ0v) is 11.9. The molecule has 82 valence electrons. The van der Waals surface area contributed by atoms with Crippen molar-refractivity contribution in [3.63, 3.8) is 0 Å². The fourth-order valence-corrected chi connectivity index (χ4v) is 4.24. The van der Waals surface area contributed by atoms with Crippen molar-refractivity contribution >= 4 is 22.9 Å².